The molecular formula is C20H18N2O6. The van der Waals surface area contributed by atoms with Crippen molar-refractivity contribution in [3.63, 3.8) is 0 Å². The molecule has 0 spiro atoms. The second-order valence-corrected chi connectivity index (χ2v) is 6.08. The highest BCUT2D eigenvalue weighted by Gasteiger charge is 2.17. The van der Waals surface area contributed by atoms with Crippen molar-refractivity contribution in [1.29, 1.82) is 0 Å². The number of carbonyl (C=O) groups excluding carboxylic acids is 1. The summed E-state index contributed by atoms with van der Waals surface area (Å²) in [5.74, 6) is 0.153. The Kier molecular flexibility index (Phi) is 5.69. The molecule has 0 radical (unpaired) electrons. The molecule has 1 heterocycles. The summed E-state index contributed by atoms with van der Waals surface area (Å²) in [4.78, 5) is 35.0. The van der Waals surface area contributed by atoms with Crippen LogP contribution in [0.3, 0.4) is 0 Å². The van der Waals surface area contributed by atoms with Crippen molar-refractivity contribution in [3.05, 3.63) is 74.6 Å². The third-order valence-corrected chi connectivity index (χ3v) is 4.07. The lowest BCUT2D eigenvalue weighted by atomic mass is 10.2. The standard InChI is InChI=1S/C20H18N2O6/c1-2-3-11-27-15-9-7-13(8-10-15)19(23)21-16-12-14-5-4-6-17(22(25)26)18(14)28-20(16)24/h4-10,12H,2-3,11H2,1H3,(H,21,23). The third-order valence-electron chi connectivity index (χ3n) is 4.07. The predicted octanol–water partition coefficient (Wildman–Crippen LogP) is 4.13. The monoisotopic (exact) mass is 382 g/mol. The van der Waals surface area contributed by atoms with Gasteiger partial charge >= 0.3 is 11.3 Å². The molecule has 0 aliphatic heterocycles. The zero-order valence-corrected chi connectivity index (χ0v) is 15.1. The number of benzene rings is 2. The highest BCUT2D eigenvalue weighted by Crippen LogP contribution is 2.25. The fourth-order valence-electron chi connectivity index (χ4n) is 2.59. The van der Waals surface area contributed by atoms with E-state index in [0.717, 1.165) is 12.8 Å². The van der Waals surface area contributed by atoms with Gasteiger partial charge in [0.25, 0.3) is 5.91 Å². The number of amides is 1. The topological polar surface area (TPSA) is 112 Å². The predicted molar refractivity (Wildman–Crippen MR) is 104 cm³/mol. The highest BCUT2D eigenvalue weighted by atomic mass is 16.6. The molecule has 3 rings (SSSR count). The van der Waals surface area contributed by atoms with Gasteiger partial charge in [0.15, 0.2) is 0 Å². The van der Waals surface area contributed by atoms with E-state index in [1.54, 1.807) is 30.3 Å². The normalized spacial score (nSPS) is 10.6. The summed E-state index contributed by atoms with van der Waals surface area (Å²) in [6.07, 6.45) is 1.97. The zero-order chi connectivity index (χ0) is 20.1. The van der Waals surface area contributed by atoms with Crippen LogP contribution in [0.15, 0.2) is 57.7 Å². The SMILES string of the molecule is CCCCOc1ccc(C(=O)Nc2cc3cccc([N+](=O)[O-])c3oc2=O)cc1. The number of carbonyl (C=O) groups is 1. The van der Waals surface area contributed by atoms with Gasteiger partial charge in [-0.25, -0.2) is 4.79 Å². The number of nitro groups is 1. The lowest BCUT2D eigenvalue weighted by Gasteiger charge is -2.07. The minimum atomic E-state index is -0.866. The van der Waals surface area contributed by atoms with Crippen LogP contribution in [0.25, 0.3) is 11.0 Å². The van der Waals surface area contributed by atoms with Gasteiger partial charge in [-0.2, -0.15) is 0 Å². The largest absolute Gasteiger partial charge is 0.494 e. The Hall–Kier alpha value is -3.68. The quantitative estimate of drug-likeness (QED) is 0.285. The molecule has 0 saturated carbocycles. The summed E-state index contributed by atoms with van der Waals surface area (Å²) in [5.41, 5.74) is -1.08. The van der Waals surface area contributed by atoms with Crippen molar-refractivity contribution in [1.82, 2.24) is 0 Å². The summed E-state index contributed by atoms with van der Waals surface area (Å²) in [6.45, 7) is 2.67. The number of hydrogen-bond donors (Lipinski definition) is 1. The first-order valence-electron chi connectivity index (χ1n) is 8.75. The minimum absolute atomic E-state index is 0.0960. The van der Waals surface area contributed by atoms with Crippen molar-refractivity contribution >= 4 is 28.3 Å². The Morgan fingerprint density at radius 2 is 1.96 bits per heavy atom. The van der Waals surface area contributed by atoms with Gasteiger partial charge in [0, 0.05) is 17.0 Å². The molecule has 1 N–H and O–H groups in total. The lowest BCUT2D eigenvalue weighted by Crippen LogP contribution is -2.17. The van der Waals surface area contributed by atoms with E-state index in [0.29, 0.717) is 23.3 Å². The molecule has 0 bridgehead atoms. The van der Waals surface area contributed by atoms with E-state index < -0.39 is 16.5 Å². The first-order valence-corrected chi connectivity index (χ1v) is 8.75. The van der Waals surface area contributed by atoms with Crippen LogP contribution in [0.4, 0.5) is 11.4 Å². The Morgan fingerprint density at radius 3 is 2.64 bits per heavy atom. The van der Waals surface area contributed by atoms with Gasteiger partial charge in [0.1, 0.15) is 11.4 Å². The summed E-state index contributed by atoms with van der Waals surface area (Å²) in [5, 5.41) is 13.9. The second kappa shape index (κ2) is 8.34. The fourth-order valence-corrected chi connectivity index (χ4v) is 2.59. The zero-order valence-electron chi connectivity index (χ0n) is 15.1. The summed E-state index contributed by atoms with van der Waals surface area (Å²) in [7, 11) is 0. The van der Waals surface area contributed by atoms with Crippen LogP contribution < -0.4 is 15.7 Å². The van der Waals surface area contributed by atoms with E-state index in [-0.39, 0.29) is 17.0 Å². The maximum Gasteiger partial charge on any atom is 0.360 e. The van der Waals surface area contributed by atoms with Crippen LogP contribution in [-0.2, 0) is 0 Å². The molecule has 1 aromatic heterocycles. The highest BCUT2D eigenvalue weighted by molar-refractivity contribution is 6.05. The number of ether oxygens (including phenoxy) is 1. The van der Waals surface area contributed by atoms with Gasteiger partial charge in [0.05, 0.1) is 11.5 Å². The average molecular weight is 382 g/mol. The molecule has 8 nitrogen and oxygen atoms in total. The molecule has 144 valence electrons. The van der Waals surface area contributed by atoms with E-state index in [9.17, 15) is 19.7 Å². The van der Waals surface area contributed by atoms with Gasteiger partial charge in [-0.3, -0.25) is 14.9 Å². The van der Waals surface area contributed by atoms with Crippen LogP contribution in [-0.4, -0.2) is 17.4 Å². The first kappa shape index (κ1) is 19.1. The maximum atomic E-state index is 12.4. The summed E-state index contributed by atoms with van der Waals surface area (Å²) in [6, 6.07) is 12.2. The minimum Gasteiger partial charge on any atom is -0.494 e. The number of nitro benzene ring substituents is 1. The molecule has 3 aromatic rings. The van der Waals surface area contributed by atoms with Gasteiger partial charge in [0.2, 0.25) is 5.58 Å². The van der Waals surface area contributed by atoms with Gasteiger partial charge < -0.3 is 14.5 Å². The Labute approximate surface area is 159 Å². The number of fused-ring (bicyclic) bond motifs is 1. The van der Waals surface area contributed by atoms with Crippen molar-refractivity contribution in [3.8, 4) is 5.75 Å². The molecule has 0 unspecified atom stereocenters. The molecule has 8 heteroatoms. The van der Waals surface area contributed by atoms with E-state index in [2.05, 4.69) is 12.2 Å². The molecule has 1 amide bonds. The van der Waals surface area contributed by atoms with Crippen molar-refractivity contribution < 1.29 is 18.9 Å². The summed E-state index contributed by atoms with van der Waals surface area (Å²) < 4.78 is 10.6. The van der Waals surface area contributed by atoms with E-state index in [4.69, 9.17) is 9.15 Å². The van der Waals surface area contributed by atoms with E-state index >= 15 is 0 Å². The number of para-hydroxylation sites is 1. The van der Waals surface area contributed by atoms with E-state index in [1.165, 1.54) is 18.2 Å². The van der Waals surface area contributed by atoms with Crippen LogP contribution in [0.1, 0.15) is 30.1 Å². The van der Waals surface area contributed by atoms with Crippen molar-refractivity contribution in [2.75, 3.05) is 11.9 Å². The number of rotatable bonds is 7. The number of unbranched alkanes of at least 4 members (excludes halogenated alkanes) is 1. The molecule has 0 aliphatic carbocycles. The smallest absolute Gasteiger partial charge is 0.360 e. The Bertz CT molecular complexity index is 1070. The number of hydrogen-bond acceptors (Lipinski definition) is 6. The van der Waals surface area contributed by atoms with Crippen LogP contribution in [0.5, 0.6) is 5.75 Å². The van der Waals surface area contributed by atoms with Gasteiger partial charge in [-0.05, 0) is 36.8 Å². The molecular weight excluding hydrogens is 364 g/mol. The average Bonchev–Trinajstić information content (AvgIpc) is 2.68. The van der Waals surface area contributed by atoms with Crippen molar-refractivity contribution in [2.45, 2.75) is 19.8 Å². The van der Waals surface area contributed by atoms with Crippen LogP contribution in [0.2, 0.25) is 0 Å². The second-order valence-electron chi connectivity index (χ2n) is 6.08. The number of anilines is 1. The molecule has 0 aliphatic rings. The molecule has 0 saturated heterocycles. The van der Waals surface area contributed by atoms with Gasteiger partial charge in [-0.1, -0.05) is 25.5 Å². The first-order chi connectivity index (χ1) is 13.5. The molecule has 2 aromatic carbocycles. The molecule has 28 heavy (non-hydrogen) atoms. The Balaban J connectivity index is 1.80. The van der Waals surface area contributed by atoms with Crippen molar-refractivity contribution in [2.24, 2.45) is 0 Å². The van der Waals surface area contributed by atoms with Crippen LogP contribution in [0, 0.1) is 10.1 Å². The van der Waals surface area contributed by atoms with Crippen LogP contribution >= 0.6 is 0 Å². The maximum absolute atomic E-state index is 12.4. The number of nitrogens with one attached hydrogen (secondary N) is 1. The summed E-state index contributed by atoms with van der Waals surface area (Å²) >= 11 is 0. The third kappa shape index (κ3) is 4.17. The van der Waals surface area contributed by atoms with E-state index in [1.807, 2.05) is 0 Å². The lowest BCUT2D eigenvalue weighted by molar-refractivity contribution is -0.383. The van der Waals surface area contributed by atoms with Gasteiger partial charge in [-0.15, -0.1) is 0 Å². The molecule has 0 atom stereocenters. The fraction of sp³-hybridized carbons (Fsp3) is 0.200. The molecule has 0 fully saturated rings. The Morgan fingerprint density at radius 1 is 1.21 bits per heavy atom. The number of nitrogens with zero attached hydrogens (tertiary/aromatic N) is 1. The number of non-ortho nitro benzene ring substituents is 1.